The average Bonchev–Trinajstić information content (AvgIpc) is 3.17. The van der Waals surface area contributed by atoms with Gasteiger partial charge in [-0.05, 0) is 42.3 Å². The number of anilines is 2. The van der Waals surface area contributed by atoms with Gasteiger partial charge in [-0.1, -0.05) is 29.8 Å². The third-order valence-corrected chi connectivity index (χ3v) is 5.20. The molecule has 1 unspecified atom stereocenters. The minimum absolute atomic E-state index is 0.00309. The number of rotatable bonds is 7. The van der Waals surface area contributed by atoms with Crippen LogP contribution in [0.3, 0.4) is 0 Å². The van der Waals surface area contributed by atoms with E-state index in [1.807, 2.05) is 18.2 Å². The fraction of sp³-hybridized carbons (Fsp3) is 0.190. The Morgan fingerprint density at radius 3 is 2.83 bits per heavy atom. The van der Waals surface area contributed by atoms with E-state index in [9.17, 15) is 9.50 Å². The molecule has 0 radical (unpaired) electrons. The summed E-state index contributed by atoms with van der Waals surface area (Å²) in [5.41, 5.74) is 2.34. The molecule has 0 fully saturated rings. The number of halogens is 2. The minimum atomic E-state index is -0.912. The fourth-order valence-corrected chi connectivity index (χ4v) is 3.36. The molecule has 4 aromatic rings. The zero-order valence-corrected chi connectivity index (χ0v) is 16.9. The van der Waals surface area contributed by atoms with E-state index in [0.717, 1.165) is 22.4 Å². The molecule has 0 saturated carbocycles. The van der Waals surface area contributed by atoms with E-state index >= 15 is 0 Å². The van der Waals surface area contributed by atoms with Crippen molar-refractivity contribution in [3.8, 4) is 0 Å². The van der Waals surface area contributed by atoms with Gasteiger partial charge in [-0.15, -0.1) is 0 Å². The quantitative estimate of drug-likeness (QED) is 0.355. The molecule has 0 amide bonds. The monoisotopic (exact) mass is 426 g/mol. The fourth-order valence-electron chi connectivity index (χ4n) is 3.18. The number of nitrogens with one attached hydrogen (secondary N) is 3. The van der Waals surface area contributed by atoms with E-state index in [0.29, 0.717) is 18.1 Å². The number of H-pyrrole nitrogens is 1. The van der Waals surface area contributed by atoms with E-state index in [4.69, 9.17) is 11.6 Å². The van der Waals surface area contributed by atoms with Gasteiger partial charge in [0.1, 0.15) is 18.0 Å². The summed E-state index contributed by atoms with van der Waals surface area (Å²) < 4.78 is 13.5. The number of fused-ring (bicyclic) bond motifs is 1. The molecule has 2 heterocycles. The summed E-state index contributed by atoms with van der Waals surface area (Å²) in [6.45, 7) is 2.08. The van der Waals surface area contributed by atoms with Crippen molar-refractivity contribution in [2.24, 2.45) is 0 Å². The van der Waals surface area contributed by atoms with Crippen molar-refractivity contribution in [2.45, 2.75) is 19.0 Å². The van der Waals surface area contributed by atoms with Gasteiger partial charge >= 0.3 is 0 Å². The van der Waals surface area contributed by atoms with Crippen LogP contribution in [-0.4, -0.2) is 31.6 Å². The van der Waals surface area contributed by atoms with Crippen molar-refractivity contribution in [3.05, 3.63) is 77.0 Å². The lowest BCUT2D eigenvalue weighted by Gasteiger charge is -2.29. The lowest BCUT2D eigenvalue weighted by molar-refractivity contribution is 0.223. The summed E-state index contributed by atoms with van der Waals surface area (Å²) in [7, 11) is 0. The highest BCUT2D eigenvalue weighted by atomic mass is 35.5. The number of aromatic amines is 1. The number of aliphatic hydroxyl groups excluding tert-OH is 1. The number of hydrogen-bond donors (Lipinski definition) is 4. The number of aliphatic hydroxyl groups is 1. The van der Waals surface area contributed by atoms with Gasteiger partial charge in [0, 0.05) is 12.7 Å². The molecule has 0 aliphatic carbocycles. The normalized spacial score (nSPS) is 13.2. The van der Waals surface area contributed by atoms with Crippen LogP contribution in [0.5, 0.6) is 0 Å². The van der Waals surface area contributed by atoms with Crippen LogP contribution in [0, 0.1) is 5.82 Å². The Labute approximate surface area is 177 Å². The number of nitrogens with zero attached hydrogens (tertiary/aromatic N) is 3. The van der Waals surface area contributed by atoms with Gasteiger partial charge in [0.15, 0.2) is 0 Å². The van der Waals surface area contributed by atoms with Gasteiger partial charge in [0.25, 0.3) is 0 Å². The molecular weight excluding hydrogens is 407 g/mol. The number of benzene rings is 2. The first-order chi connectivity index (χ1) is 14.5. The van der Waals surface area contributed by atoms with E-state index in [-0.39, 0.29) is 11.6 Å². The van der Waals surface area contributed by atoms with Crippen molar-refractivity contribution in [2.75, 3.05) is 17.2 Å². The van der Waals surface area contributed by atoms with Gasteiger partial charge in [0.2, 0.25) is 5.95 Å². The second-order valence-electron chi connectivity index (χ2n) is 7.09. The predicted molar refractivity (Wildman–Crippen MR) is 115 cm³/mol. The Balaban J connectivity index is 1.60. The topological polar surface area (TPSA) is 98.8 Å². The summed E-state index contributed by atoms with van der Waals surface area (Å²) in [6.07, 6.45) is 3.15. The summed E-state index contributed by atoms with van der Waals surface area (Å²) in [4.78, 5) is 16.0. The molecule has 0 aliphatic heterocycles. The molecule has 4 rings (SSSR count). The maximum absolute atomic E-state index is 13.5. The highest BCUT2D eigenvalue weighted by Gasteiger charge is 2.28. The number of para-hydroxylation sites is 1. The summed E-state index contributed by atoms with van der Waals surface area (Å²) in [5, 5.41) is 16.5. The van der Waals surface area contributed by atoms with Crippen LogP contribution < -0.4 is 10.6 Å². The highest BCUT2D eigenvalue weighted by molar-refractivity contribution is 6.30. The molecule has 154 valence electrons. The smallest absolute Gasteiger partial charge is 0.201 e. The zero-order valence-electron chi connectivity index (χ0n) is 16.2. The molecule has 0 saturated heterocycles. The van der Waals surface area contributed by atoms with Crippen molar-refractivity contribution in [3.63, 3.8) is 0 Å². The standard InChI is InChI=1S/C21H20ClFN6O/c1-21(11-30,14-5-6-16(23)15(22)9-14)29-20-27-17-4-2-3-13(19(17)28-20)10-25-18-7-8-24-12-26-18/h2-9,12,30H,10-11H2,1H3,(H,24,25,26)(H2,27,28,29). The first-order valence-electron chi connectivity index (χ1n) is 9.30. The largest absolute Gasteiger partial charge is 0.394 e. The molecule has 9 heteroatoms. The maximum atomic E-state index is 13.5. The SMILES string of the molecule is CC(CO)(Nc1nc2c(CNc3ccncn3)cccc2[nH]1)c1ccc(F)c(Cl)c1. The van der Waals surface area contributed by atoms with Crippen LogP contribution in [0.25, 0.3) is 11.0 Å². The zero-order chi connectivity index (χ0) is 21.1. The van der Waals surface area contributed by atoms with Crippen LogP contribution in [0.1, 0.15) is 18.1 Å². The van der Waals surface area contributed by atoms with Gasteiger partial charge in [-0.2, -0.15) is 0 Å². The number of imidazole rings is 1. The summed E-state index contributed by atoms with van der Waals surface area (Å²) in [6, 6.07) is 12.0. The Kier molecular flexibility index (Phi) is 5.52. The lowest BCUT2D eigenvalue weighted by Crippen LogP contribution is -2.36. The molecule has 2 aromatic heterocycles. The third kappa shape index (κ3) is 4.05. The number of hydrogen-bond acceptors (Lipinski definition) is 6. The predicted octanol–water partition coefficient (Wildman–Crippen LogP) is 4.08. The summed E-state index contributed by atoms with van der Waals surface area (Å²) >= 11 is 5.93. The number of aromatic nitrogens is 4. The van der Waals surface area contributed by atoms with Gasteiger partial charge in [-0.3, -0.25) is 0 Å². The Morgan fingerprint density at radius 2 is 2.10 bits per heavy atom. The maximum Gasteiger partial charge on any atom is 0.201 e. The second-order valence-corrected chi connectivity index (χ2v) is 7.50. The van der Waals surface area contributed by atoms with Gasteiger partial charge in [-0.25, -0.2) is 19.3 Å². The van der Waals surface area contributed by atoms with Crippen molar-refractivity contribution in [1.82, 2.24) is 19.9 Å². The molecule has 30 heavy (non-hydrogen) atoms. The van der Waals surface area contributed by atoms with Crippen molar-refractivity contribution < 1.29 is 9.50 Å². The van der Waals surface area contributed by atoms with E-state index in [2.05, 4.69) is 30.6 Å². The summed E-state index contributed by atoms with van der Waals surface area (Å²) in [5.74, 6) is 0.693. The average molecular weight is 427 g/mol. The van der Waals surface area contributed by atoms with Crippen LogP contribution >= 0.6 is 11.6 Å². The Morgan fingerprint density at radius 1 is 1.23 bits per heavy atom. The first kappa shape index (κ1) is 20.1. The van der Waals surface area contributed by atoms with Crippen molar-refractivity contribution in [1.29, 1.82) is 0 Å². The molecule has 4 N–H and O–H groups in total. The van der Waals surface area contributed by atoms with Crippen LogP contribution in [0.4, 0.5) is 16.2 Å². The molecular formula is C21H20ClFN6O. The van der Waals surface area contributed by atoms with E-state index in [1.165, 1.54) is 18.5 Å². The van der Waals surface area contributed by atoms with Gasteiger partial charge < -0.3 is 20.7 Å². The minimum Gasteiger partial charge on any atom is -0.394 e. The highest BCUT2D eigenvalue weighted by Crippen LogP contribution is 2.29. The van der Waals surface area contributed by atoms with Gasteiger partial charge in [0.05, 0.1) is 28.2 Å². The molecule has 0 spiro atoms. The van der Waals surface area contributed by atoms with Crippen LogP contribution in [-0.2, 0) is 12.1 Å². The van der Waals surface area contributed by atoms with Crippen molar-refractivity contribution >= 4 is 34.4 Å². The third-order valence-electron chi connectivity index (χ3n) is 4.91. The first-order valence-corrected chi connectivity index (χ1v) is 9.68. The molecule has 1 atom stereocenters. The van der Waals surface area contributed by atoms with Crippen LogP contribution in [0.2, 0.25) is 5.02 Å². The van der Waals surface area contributed by atoms with Crippen LogP contribution in [0.15, 0.2) is 55.0 Å². The molecule has 0 bridgehead atoms. The Bertz CT molecular complexity index is 1170. The molecule has 0 aliphatic rings. The second kappa shape index (κ2) is 8.25. The molecule has 2 aromatic carbocycles. The Hall–Kier alpha value is -3.23. The van der Waals surface area contributed by atoms with E-state index in [1.54, 1.807) is 25.3 Å². The molecule has 7 nitrogen and oxygen atoms in total. The lowest BCUT2D eigenvalue weighted by atomic mass is 9.93. The van der Waals surface area contributed by atoms with E-state index < -0.39 is 11.4 Å².